The van der Waals surface area contributed by atoms with Gasteiger partial charge in [-0.2, -0.15) is 0 Å². The first-order valence-corrected chi connectivity index (χ1v) is 7.33. The molecule has 20 heavy (non-hydrogen) atoms. The van der Waals surface area contributed by atoms with Crippen LogP contribution in [0.5, 0.6) is 0 Å². The van der Waals surface area contributed by atoms with Gasteiger partial charge in [0.15, 0.2) is 0 Å². The fourth-order valence-corrected chi connectivity index (χ4v) is 3.18. The third-order valence-electron chi connectivity index (χ3n) is 4.43. The molecule has 112 valence electrons. The molecular weight excluding hydrogens is 258 g/mol. The molecule has 1 saturated carbocycles. The number of imide groups is 1. The lowest BCUT2D eigenvalue weighted by Gasteiger charge is -2.28. The van der Waals surface area contributed by atoms with Crippen molar-refractivity contribution in [2.75, 3.05) is 13.6 Å². The highest BCUT2D eigenvalue weighted by Crippen LogP contribution is 2.31. The number of likely N-dealkylation sites (N-methyl/N-ethyl adjacent to an activating group) is 1. The average Bonchev–Trinajstić information content (AvgIpc) is 2.67. The van der Waals surface area contributed by atoms with Gasteiger partial charge in [0.1, 0.15) is 6.04 Å². The van der Waals surface area contributed by atoms with E-state index in [2.05, 4.69) is 5.32 Å². The summed E-state index contributed by atoms with van der Waals surface area (Å²) in [5.74, 6) is -0.169. The molecule has 0 spiro atoms. The Morgan fingerprint density at radius 2 is 2.15 bits per heavy atom. The van der Waals surface area contributed by atoms with Crippen LogP contribution in [0.2, 0.25) is 0 Å². The smallest absolute Gasteiger partial charge is 0.252 e. The van der Waals surface area contributed by atoms with Crippen molar-refractivity contribution >= 4 is 17.7 Å². The molecule has 6 heteroatoms. The van der Waals surface area contributed by atoms with E-state index in [0.29, 0.717) is 12.5 Å². The number of nitrogens with one attached hydrogen (secondary N) is 1. The van der Waals surface area contributed by atoms with Crippen molar-refractivity contribution < 1.29 is 14.4 Å². The quantitative estimate of drug-likeness (QED) is 0.710. The third-order valence-corrected chi connectivity index (χ3v) is 4.43. The van der Waals surface area contributed by atoms with Crippen LogP contribution < -0.4 is 11.1 Å². The van der Waals surface area contributed by atoms with Crippen LogP contribution in [0, 0.1) is 11.8 Å². The van der Waals surface area contributed by atoms with Crippen molar-refractivity contribution in [2.45, 2.75) is 44.6 Å². The molecule has 3 N–H and O–H groups in total. The Morgan fingerprint density at radius 3 is 2.75 bits per heavy atom. The first kappa shape index (κ1) is 15.0. The van der Waals surface area contributed by atoms with Crippen LogP contribution in [0.4, 0.5) is 0 Å². The molecule has 3 amide bonds. The molecule has 0 radical (unpaired) electrons. The highest BCUT2D eigenvalue weighted by atomic mass is 16.2. The van der Waals surface area contributed by atoms with E-state index in [1.54, 1.807) is 0 Å². The molecule has 1 heterocycles. The van der Waals surface area contributed by atoms with Gasteiger partial charge in [-0.3, -0.25) is 19.3 Å². The Bertz CT molecular complexity index is 408. The van der Waals surface area contributed by atoms with Crippen LogP contribution >= 0.6 is 0 Å². The summed E-state index contributed by atoms with van der Waals surface area (Å²) < 4.78 is 0. The Balaban J connectivity index is 1.88. The number of nitrogens with zero attached hydrogens (tertiary/aromatic N) is 1. The van der Waals surface area contributed by atoms with E-state index in [9.17, 15) is 14.4 Å². The van der Waals surface area contributed by atoms with Gasteiger partial charge in [-0.15, -0.1) is 0 Å². The summed E-state index contributed by atoms with van der Waals surface area (Å²) in [6, 6.07) is -0.671. The molecule has 2 aliphatic rings. The Morgan fingerprint density at radius 1 is 1.40 bits per heavy atom. The van der Waals surface area contributed by atoms with Gasteiger partial charge in [0, 0.05) is 13.0 Å². The molecular formula is C14H23N3O3. The van der Waals surface area contributed by atoms with Gasteiger partial charge in [0.05, 0.1) is 6.42 Å². The van der Waals surface area contributed by atoms with Crippen molar-refractivity contribution in [3.8, 4) is 0 Å². The van der Waals surface area contributed by atoms with Crippen LogP contribution in [0.15, 0.2) is 0 Å². The standard InChI is InChI=1S/C14H23N3O3/c1-17-12(18)8-11(14(17)20)16-13(19)10-4-2-3-9(7-10)5-6-15/h9-11H,2-8,15H2,1H3,(H,16,19). The van der Waals surface area contributed by atoms with Gasteiger partial charge in [-0.05, 0) is 31.7 Å². The highest BCUT2D eigenvalue weighted by Gasteiger charge is 2.38. The summed E-state index contributed by atoms with van der Waals surface area (Å²) in [5.41, 5.74) is 5.57. The maximum Gasteiger partial charge on any atom is 0.252 e. The first-order valence-electron chi connectivity index (χ1n) is 7.33. The maximum absolute atomic E-state index is 12.2. The lowest BCUT2D eigenvalue weighted by atomic mass is 9.79. The number of carbonyl (C=O) groups excluding carboxylic acids is 3. The summed E-state index contributed by atoms with van der Waals surface area (Å²) in [7, 11) is 1.45. The fourth-order valence-electron chi connectivity index (χ4n) is 3.18. The summed E-state index contributed by atoms with van der Waals surface area (Å²) in [5, 5.41) is 2.74. The minimum absolute atomic E-state index is 0.0471. The molecule has 1 aliphatic carbocycles. The van der Waals surface area contributed by atoms with Crippen LogP contribution in [0.25, 0.3) is 0 Å². The molecule has 0 aromatic rings. The number of hydrogen-bond acceptors (Lipinski definition) is 4. The Labute approximate surface area is 119 Å². The molecule has 0 bridgehead atoms. The molecule has 2 rings (SSSR count). The van der Waals surface area contributed by atoms with E-state index < -0.39 is 6.04 Å². The van der Waals surface area contributed by atoms with E-state index in [1.165, 1.54) is 7.05 Å². The van der Waals surface area contributed by atoms with Gasteiger partial charge in [0.2, 0.25) is 11.8 Å². The summed E-state index contributed by atoms with van der Waals surface area (Å²) in [6.07, 6.45) is 4.89. The average molecular weight is 281 g/mol. The third kappa shape index (κ3) is 3.17. The summed E-state index contributed by atoms with van der Waals surface area (Å²) in [6.45, 7) is 0.652. The minimum Gasteiger partial charge on any atom is -0.344 e. The van der Waals surface area contributed by atoms with Gasteiger partial charge < -0.3 is 11.1 Å². The molecule has 6 nitrogen and oxygen atoms in total. The van der Waals surface area contributed by atoms with E-state index >= 15 is 0 Å². The van der Waals surface area contributed by atoms with Gasteiger partial charge >= 0.3 is 0 Å². The maximum atomic E-state index is 12.2. The number of amides is 3. The van der Waals surface area contributed by atoms with Crippen LogP contribution in [0.1, 0.15) is 38.5 Å². The molecule has 1 aliphatic heterocycles. The second kappa shape index (κ2) is 6.35. The summed E-state index contributed by atoms with van der Waals surface area (Å²) in [4.78, 5) is 36.5. The largest absolute Gasteiger partial charge is 0.344 e. The minimum atomic E-state index is -0.671. The van der Waals surface area contributed by atoms with Gasteiger partial charge in [0.25, 0.3) is 5.91 Å². The second-order valence-corrected chi connectivity index (χ2v) is 5.86. The normalized spacial score (nSPS) is 30.7. The second-order valence-electron chi connectivity index (χ2n) is 5.86. The van der Waals surface area contributed by atoms with E-state index in [4.69, 9.17) is 5.73 Å². The van der Waals surface area contributed by atoms with Crippen molar-refractivity contribution in [3.05, 3.63) is 0 Å². The van der Waals surface area contributed by atoms with Crippen LogP contribution in [0.3, 0.4) is 0 Å². The van der Waals surface area contributed by atoms with Crippen LogP contribution in [-0.4, -0.2) is 42.3 Å². The fraction of sp³-hybridized carbons (Fsp3) is 0.786. The monoisotopic (exact) mass is 281 g/mol. The summed E-state index contributed by atoms with van der Waals surface area (Å²) >= 11 is 0. The zero-order chi connectivity index (χ0) is 14.7. The number of rotatable bonds is 4. The molecule has 1 saturated heterocycles. The molecule has 0 aromatic heterocycles. The van der Waals surface area contributed by atoms with Crippen molar-refractivity contribution in [3.63, 3.8) is 0 Å². The van der Waals surface area contributed by atoms with Gasteiger partial charge in [-0.25, -0.2) is 0 Å². The molecule has 0 aromatic carbocycles. The lowest BCUT2D eigenvalue weighted by Crippen LogP contribution is -2.44. The number of nitrogens with two attached hydrogens (primary N) is 1. The number of carbonyl (C=O) groups is 3. The highest BCUT2D eigenvalue weighted by molar-refractivity contribution is 6.06. The Hall–Kier alpha value is -1.43. The Kier molecular flexibility index (Phi) is 4.75. The predicted octanol–water partition coefficient (Wildman–Crippen LogP) is 0.0151. The van der Waals surface area contributed by atoms with Crippen molar-refractivity contribution in [1.29, 1.82) is 0 Å². The molecule has 3 unspecified atom stereocenters. The zero-order valence-electron chi connectivity index (χ0n) is 11.9. The number of likely N-dealkylation sites (tertiary alicyclic amines) is 1. The van der Waals surface area contributed by atoms with E-state index in [-0.39, 0.29) is 30.1 Å². The predicted molar refractivity (Wildman–Crippen MR) is 73.4 cm³/mol. The lowest BCUT2D eigenvalue weighted by molar-refractivity contribution is -0.138. The first-order chi connectivity index (χ1) is 9.52. The van der Waals surface area contributed by atoms with Gasteiger partial charge in [-0.1, -0.05) is 12.8 Å². The SMILES string of the molecule is CN1C(=O)CC(NC(=O)C2CCCC(CCN)C2)C1=O. The van der Waals surface area contributed by atoms with Crippen LogP contribution in [-0.2, 0) is 14.4 Å². The van der Waals surface area contributed by atoms with E-state index in [0.717, 1.165) is 37.0 Å². The van der Waals surface area contributed by atoms with Crippen molar-refractivity contribution in [2.24, 2.45) is 17.6 Å². The molecule has 3 atom stereocenters. The van der Waals surface area contributed by atoms with E-state index in [1.807, 2.05) is 0 Å². The zero-order valence-corrected chi connectivity index (χ0v) is 11.9. The number of hydrogen-bond donors (Lipinski definition) is 2. The molecule has 2 fully saturated rings. The van der Waals surface area contributed by atoms with Crippen molar-refractivity contribution in [1.82, 2.24) is 10.2 Å². The topological polar surface area (TPSA) is 92.5 Å².